The molecule has 0 radical (unpaired) electrons. The van der Waals surface area contributed by atoms with Gasteiger partial charge in [-0.25, -0.2) is 21.6 Å². The van der Waals surface area contributed by atoms with Crippen LogP contribution in [0.1, 0.15) is 5.56 Å². The van der Waals surface area contributed by atoms with Crippen molar-refractivity contribution in [3.8, 4) is 0 Å². The van der Waals surface area contributed by atoms with E-state index in [1.54, 1.807) is 24.3 Å². The van der Waals surface area contributed by atoms with Gasteiger partial charge in [0.1, 0.15) is 4.90 Å². The summed E-state index contributed by atoms with van der Waals surface area (Å²) in [4.78, 5) is 0.314. The molecule has 1 heterocycles. The highest BCUT2D eigenvalue weighted by molar-refractivity contribution is 9.10. The number of halogens is 1. The van der Waals surface area contributed by atoms with Gasteiger partial charge in [0, 0.05) is 11.0 Å². The average Bonchev–Trinajstić information content (AvgIpc) is 2.99. The number of sulfonamides is 2. The molecule has 128 valence electrons. The minimum absolute atomic E-state index is 0.129. The highest BCUT2D eigenvalue weighted by Gasteiger charge is 2.32. The van der Waals surface area contributed by atoms with E-state index in [4.69, 9.17) is 0 Å². The normalized spacial score (nSPS) is 14.7. The largest absolute Gasteiger partial charge is 0.266 e. The summed E-state index contributed by atoms with van der Waals surface area (Å²) in [7, 11) is -5.93. The molecule has 0 spiro atoms. The topological polar surface area (TPSA) is 83.6 Å². The Morgan fingerprint density at radius 2 is 1.79 bits per heavy atom. The van der Waals surface area contributed by atoms with Gasteiger partial charge in [-0.15, -0.1) is 0 Å². The number of hydrogen-bond acceptors (Lipinski definition) is 4. The van der Waals surface area contributed by atoms with E-state index in [1.165, 1.54) is 29.6 Å². The molecule has 2 aromatic rings. The number of hydrogen-bond donors (Lipinski definition) is 1. The van der Waals surface area contributed by atoms with Crippen LogP contribution in [0.5, 0.6) is 0 Å². The molecule has 1 aliphatic heterocycles. The van der Waals surface area contributed by atoms with Gasteiger partial charge in [0.05, 0.1) is 10.6 Å². The molecular formula is C15H15BrN2O4S2. The van der Waals surface area contributed by atoms with Crippen LogP contribution in [0.25, 0.3) is 0 Å². The van der Waals surface area contributed by atoms with Gasteiger partial charge >= 0.3 is 0 Å². The van der Waals surface area contributed by atoms with Crippen molar-refractivity contribution >= 4 is 41.7 Å². The molecule has 0 amide bonds. The second-order valence-electron chi connectivity index (χ2n) is 5.26. The zero-order valence-electron chi connectivity index (χ0n) is 12.7. The maximum absolute atomic E-state index is 12.9. The van der Waals surface area contributed by atoms with E-state index in [-0.39, 0.29) is 16.3 Å². The molecule has 0 fully saturated rings. The molecule has 2 aromatic carbocycles. The first kappa shape index (κ1) is 17.4. The molecule has 0 aromatic heterocycles. The molecule has 0 unspecified atom stereocenters. The molecule has 9 heteroatoms. The Morgan fingerprint density at radius 1 is 1.08 bits per heavy atom. The van der Waals surface area contributed by atoms with Crippen molar-refractivity contribution in [2.24, 2.45) is 0 Å². The van der Waals surface area contributed by atoms with E-state index in [2.05, 4.69) is 20.7 Å². The number of rotatable bonds is 4. The number of nitrogens with zero attached hydrogens (tertiary/aromatic N) is 1. The highest BCUT2D eigenvalue weighted by atomic mass is 79.9. The Labute approximate surface area is 149 Å². The highest BCUT2D eigenvalue weighted by Crippen LogP contribution is 2.36. The van der Waals surface area contributed by atoms with Gasteiger partial charge < -0.3 is 0 Å². The average molecular weight is 431 g/mol. The first-order valence-electron chi connectivity index (χ1n) is 7.11. The third kappa shape index (κ3) is 2.85. The molecule has 0 saturated heterocycles. The molecule has 24 heavy (non-hydrogen) atoms. The maximum Gasteiger partial charge on any atom is 0.265 e. The van der Waals surface area contributed by atoms with Crippen LogP contribution in [0.15, 0.2) is 56.7 Å². The molecule has 3 rings (SSSR count). The van der Waals surface area contributed by atoms with Gasteiger partial charge in [0.15, 0.2) is 0 Å². The summed E-state index contributed by atoms with van der Waals surface area (Å²) in [5.41, 5.74) is 1.21. The minimum Gasteiger partial charge on any atom is -0.266 e. The predicted molar refractivity (Wildman–Crippen MR) is 95.1 cm³/mol. The van der Waals surface area contributed by atoms with Crippen LogP contribution >= 0.6 is 15.9 Å². The van der Waals surface area contributed by atoms with Crippen molar-refractivity contribution in [1.82, 2.24) is 4.72 Å². The van der Waals surface area contributed by atoms with Crippen LogP contribution in [0.2, 0.25) is 0 Å². The van der Waals surface area contributed by atoms with Gasteiger partial charge in [0.25, 0.3) is 10.0 Å². The summed E-state index contributed by atoms with van der Waals surface area (Å²) in [5, 5.41) is 0. The van der Waals surface area contributed by atoms with Crippen molar-refractivity contribution < 1.29 is 16.8 Å². The number of benzene rings is 2. The van der Waals surface area contributed by atoms with Crippen molar-refractivity contribution in [1.29, 1.82) is 0 Å². The SMILES string of the molecule is CNS(=O)(=O)c1ccc2c(c1)CCN2S(=O)(=O)c1ccccc1Br. The summed E-state index contributed by atoms with van der Waals surface area (Å²) in [6.45, 7) is 0.280. The quantitative estimate of drug-likeness (QED) is 0.804. The monoisotopic (exact) mass is 430 g/mol. The lowest BCUT2D eigenvalue weighted by Gasteiger charge is -2.20. The Hall–Kier alpha value is -1.42. The Kier molecular flexibility index (Phi) is 4.45. The number of nitrogens with one attached hydrogen (secondary N) is 1. The second-order valence-corrected chi connectivity index (χ2v) is 9.83. The summed E-state index contributed by atoms with van der Waals surface area (Å²) >= 11 is 3.27. The molecular weight excluding hydrogens is 416 g/mol. The third-order valence-corrected chi connectivity index (χ3v) is 8.12. The van der Waals surface area contributed by atoms with Gasteiger partial charge in [-0.1, -0.05) is 12.1 Å². The summed E-state index contributed by atoms with van der Waals surface area (Å²) in [6.07, 6.45) is 0.464. The molecule has 1 N–H and O–H groups in total. The fraction of sp³-hybridized carbons (Fsp3) is 0.200. The van der Waals surface area contributed by atoms with Crippen molar-refractivity contribution in [3.05, 3.63) is 52.5 Å². The van der Waals surface area contributed by atoms with E-state index >= 15 is 0 Å². The second kappa shape index (κ2) is 6.14. The smallest absolute Gasteiger partial charge is 0.265 e. The summed E-state index contributed by atoms with van der Waals surface area (Å²) in [6, 6.07) is 11.1. The first-order valence-corrected chi connectivity index (χ1v) is 10.8. The minimum atomic E-state index is -3.72. The van der Waals surface area contributed by atoms with E-state index < -0.39 is 20.0 Å². The lowest BCUT2D eigenvalue weighted by atomic mass is 10.2. The van der Waals surface area contributed by atoms with Gasteiger partial charge in [-0.05, 0) is 65.3 Å². The fourth-order valence-corrected chi connectivity index (χ4v) is 5.91. The van der Waals surface area contributed by atoms with Crippen LogP contribution in [0.3, 0.4) is 0 Å². The first-order chi connectivity index (χ1) is 11.3. The predicted octanol–water partition coefficient (Wildman–Crippen LogP) is 2.11. The van der Waals surface area contributed by atoms with Gasteiger partial charge in [0.2, 0.25) is 10.0 Å². The molecule has 0 aliphatic carbocycles. The van der Waals surface area contributed by atoms with Gasteiger partial charge in [-0.2, -0.15) is 0 Å². The summed E-state index contributed by atoms with van der Waals surface area (Å²) in [5.74, 6) is 0. The van der Waals surface area contributed by atoms with E-state index in [0.29, 0.717) is 22.1 Å². The Morgan fingerprint density at radius 3 is 2.46 bits per heavy atom. The fourth-order valence-electron chi connectivity index (χ4n) is 2.66. The van der Waals surface area contributed by atoms with E-state index in [0.717, 1.165) is 0 Å². The summed E-state index contributed by atoms with van der Waals surface area (Å²) < 4.78 is 53.7. The van der Waals surface area contributed by atoms with Crippen molar-refractivity contribution in [2.45, 2.75) is 16.2 Å². The zero-order valence-corrected chi connectivity index (χ0v) is 15.9. The molecule has 6 nitrogen and oxygen atoms in total. The lowest BCUT2D eigenvalue weighted by Crippen LogP contribution is -2.29. The van der Waals surface area contributed by atoms with E-state index in [1.807, 2.05) is 0 Å². The molecule has 0 bridgehead atoms. The third-order valence-electron chi connectivity index (χ3n) is 3.89. The van der Waals surface area contributed by atoms with Crippen LogP contribution < -0.4 is 9.03 Å². The van der Waals surface area contributed by atoms with Gasteiger partial charge in [-0.3, -0.25) is 4.31 Å². The van der Waals surface area contributed by atoms with E-state index in [9.17, 15) is 16.8 Å². The van der Waals surface area contributed by atoms with Crippen molar-refractivity contribution in [2.75, 3.05) is 17.9 Å². The standard InChI is InChI=1S/C15H15BrN2O4S2/c1-17-23(19,20)12-6-7-14-11(10-12)8-9-18(14)24(21,22)15-5-3-2-4-13(15)16/h2-7,10,17H,8-9H2,1H3. The van der Waals surface area contributed by atoms with Crippen LogP contribution in [-0.2, 0) is 26.5 Å². The Balaban J connectivity index is 2.06. The maximum atomic E-state index is 12.9. The zero-order chi connectivity index (χ0) is 17.5. The lowest BCUT2D eigenvalue weighted by molar-refractivity contribution is 0.587. The molecule has 1 aliphatic rings. The number of anilines is 1. The number of fused-ring (bicyclic) bond motifs is 1. The van der Waals surface area contributed by atoms with Crippen molar-refractivity contribution in [3.63, 3.8) is 0 Å². The van der Waals surface area contributed by atoms with Crippen LogP contribution in [-0.4, -0.2) is 30.4 Å². The van der Waals surface area contributed by atoms with Crippen LogP contribution in [0, 0.1) is 0 Å². The van der Waals surface area contributed by atoms with Crippen LogP contribution in [0.4, 0.5) is 5.69 Å². The Bertz CT molecular complexity index is 1000. The molecule has 0 atom stereocenters. The molecule has 0 saturated carbocycles.